The smallest absolute Gasteiger partial charge is 0.558 e. The minimum atomic E-state index is -3.00. The molecule has 0 spiro atoms. The molecule has 0 aliphatic rings. The second-order valence-corrected chi connectivity index (χ2v) is 2.07. The second-order valence-electron chi connectivity index (χ2n) is 1.44. The quantitative estimate of drug-likeness (QED) is 0.345. The van der Waals surface area contributed by atoms with Gasteiger partial charge in [0.15, 0.2) is 0 Å². The number of carbonyl (C=O) groups excluding carboxylic acids is 1. The standard InChI is InChI=1S/C4H7O4P.Na/c1-2-3-4(5)8-9(6)7;/h2-3H2,1H3;/q;+1. The number of hydrogen-bond acceptors (Lipinski definition) is 4. The third-order valence-corrected chi connectivity index (χ3v) is 0.983. The van der Waals surface area contributed by atoms with Gasteiger partial charge in [0, 0.05) is 0 Å². The minimum absolute atomic E-state index is 0. The van der Waals surface area contributed by atoms with Gasteiger partial charge in [-0.25, -0.2) is 9.32 Å². The molecule has 1 unspecified atom stereocenters. The maximum Gasteiger partial charge on any atom is 1.00 e. The van der Waals surface area contributed by atoms with Crippen molar-refractivity contribution in [1.82, 2.24) is 0 Å². The van der Waals surface area contributed by atoms with E-state index < -0.39 is 14.2 Å². The van der Waals surface area contributed by atoms with Crippen LogP contribution in [0, 0.1) is 0 Å². The molecule has 0 N–H and O–H groups in total. The monoisotopic (exact) mass is 173 g/mol. The Balaban J connectivity index is 0. The normalized spacial score (nSPS) is 9.60. The van der Waals surface area contributed by atoms with E-state index in [-0.39, 0.29) is 36.0 Å². The van der Waals surface area contributed by atoms with Gasteiger partial charge in [0.2, 0.25) is 0 Å². The summed E-state index contributed by atoms with van der Waals surface area (Å²) < 4.78 is 13.5. The molecule has 0 heterocycles. The van der Waals surface area contributed by atoms with Crippen LogP contribution in [0.4, 0.5) is 0 Å². The van der Waals surface area contributed by atoms with Crippen LogP contribution in [0.15, 0.2) is 0 Å². The van der Waals surface area contributed by atoms with Gasteiger partial charge >= 0.3 is 43.8 Å². The van der Waals surface area contributed by atoms with E-state index in [9.17, 15) is 14.3 Å². The van der Waals surface area contributed by atoms with Crippen LogP contribution in [0.5, 0.6) is 0 Å². The summed E-state index contributed by atoms with van der Waals surface area (Å²) in [5.41, 5.74) is 0. The van der Waals surface area contributed by atoms with Gasteiger partial charge in [-0.2, -0.15) is 0 Å². The summed E-state index contributed by atoms with van der Waals surface area (Å²) in [7, 11) is -3.00. The molecule has 0 rings (SSSR count). The van der Waals surface area contributed by atoms with Crippen molar-refractivity contribution in [2.75, 3.05) is 0 Å². The predicted octanol–water partition coefficient (Wildman–Crippen LogP) is -2.65. The van der Waals surface area contributed by atoms with Crippen LogP contribution in [0.25, 0.3) is 0 Å². The molecule has 0 amide bonds. The SMILES string of the molecule is CCCC(=O)O[P+](=O)[O-].[Na+]. The molecule has 10 heavy (non-hydrogen) atoms. The van der Waals surface area contributed by atoms with Crippen LogP contribution >= 0.6 is 8.25 Å². The maximum atomic E-state index is 10.2. The summed E-state index contributed by atoms with van der Waals surface area (Å²) >= 11 is 0. The second kappa shape index (κ2) is 7.63. The fourth-order valence-electron chi connectivity index (χ4n) is 0.333. The molecular weight excluding hydrogens is 166 g/mol. The van der Waals surface area contributed by atoms with Gasteiger partial charge in [-0.3, -0.25) is 0 Å². The summed E-state index contributed by atoms with van der Waals surface area (Å²) in [4.78, 5) is 19.9. The van der Waals surface area contributed by atoms with Crippen LogP contribution in [0.1, 0.15) is 19.8 Å². The maximum absolute atomic E-state index is 10.2. The summed E-state index contributed by atoms with van der Waals surface area (Å²) in [6.45, 7) is 1.76. The van der Waals surface area contributed by atoms with E-state index in [1.54, 1.807) is 6.92 Å². The largest absolute Gasteiger partial charge is 1.00 e. The first-order chi connectivity index (χ1) is 4.16. The van der Waals surface area contributed by atoms with Crippen LogP contribution in [0.3, 0.4) is 0 Å². The van der Waals surface area contributed by atoms with E-state index in [0.717, 1.165) is 0 Å². The summed E-state index contributed by atoms with van der Waals surface area (Å²) in [6.07, 6.45) is 0.755. The molecule has 0 aromatic rings. The number of rotatable bonds is 3. The fraction of sp³-hybridized carbons (Fsp3) is 0.750. The van der Waals surface area contributed by atoms with E-state index >= 15 is 0 Å². The molecule has 0 radical (unpaired) electrons. The Kier molecular flexibility index (Phi) is 10.0. The number of carbonyl (C=O) groups is 1. The summed E-state index contributed by atoms with van der Waals surface area (Å²) in [5, 5.41) is 0. The van der Waals surface area contributed by atoms with Crippen molar-refractivity contribution in [2.24, 2.45) is 0 Å². The summed E-state index contributed by atoms with van der Waals surface area (Å²) in [5.74, 6) is -0.686. The average molecular weight is 173 g/mol. The van der Waals surface area contributed by atoms with Crippen LogP contribution < -0.4 is 34.5 Å². The van der Waals surface area contributed by atoms with E-state index in [2.05, 4.69) is 4.52 Å². The molecule has 0 aliphatic carbocycles. The zero-order valence-corrected chi connectivity index (χ0v) is 8.89. The average Bonchev–Trinajstić information content (AvgIpc) is 1.63. The molecule has 52 valence electrons. The van der Waals surface area contributed by atoms with Crippen molar-refractivity contribution in [3.05, 3.63) is 0 Å². The fourth-order valence-corrected chi connectivity index (χ4v) is 0.590. The Bertz CT molecular complexity index is 126. The van der Waals surface area contributed by atoms with E-state index in [4.69, 9.17) is 0 Å². The topological polar surface area (TPSA) is 66.4 Å². The Morgan fingerprint density at radius 1 is 1.70 bits per heavy atom. The van der Waals surface area contributed by atoms with Gasteiger partial charge in [-0.05, 0) is 11.0 Å². The van der Waals surface area contributed by atoms with Crippen LogP contribution in [-0.4, -0.2) is 5.97 Å². The third kappa shape index (κ3) is 8.53. The molecule has 0 aliphatic heterocycles. The first-order valence-electron chi connectivity index (χ1n) is 2.52. The van der Waals surface area contributed by atoms with Gasteiger partial charge in [0.05, 0.1) is 6.42 Å². The van der Waals surface area contributed by atoms with Gasteiger partial charge in [0.1, 0.15) is 0 Å². The Morgan fingerprint density at radius 2 is 2.20 bits per heavy atom. The van der Waals surface area contributed by atoms with Gasteiger partial charge < -0.3 is 4.89 Å². The van der Waals surface area contributed by atoms with Gasteiger partial charge in [-0.1, -0.05) is 6.92 Å². The van der Waals surface area contributed by atoms with Crippen LogP contribution in [0.2, 0.25) is 0 Å². The summed E-state index contributed by atoms with van der Waals surface area (Å²) in [6, 6.07) is 0. The first-order valence-corrected chi connectivity index (χ1v) is 3.61. The Labute approximate surface area is 82.2 Å². The van der Waals surface area contributed by atoms with Crippen molar-refractivity contribution < 1.29 is 48.3 Å². The molecular formula is C4H7NaO4P+. The van der Waals surface area contributed by atoms with Crippen molar-refractivity contribution in [1.29, 1.82) is 0 Å². The number of hydrogen-bond donors (Lipinski definition) is 0. The van der Waals surface area contributed by atoms with Crippen molar-refractivity contribution in [3.63, 3.8) is 0 Å². The molecule has 0 saturated heterocycles. The van der Waals surface area contributed by atoms with E-state index in [1.165, 1.54) is 0 Å². The molecule has 0 aromatic heterocycles. The van der Waals surface area contributed by atoms with Crippen molar-refractivity contribution in [3.8, 4) is 0 Å². The molecule has 6 heteroatoms. The zero-order chi connectivity index (χ0) is 7.28. The Morgan fingerprint density at radius 3 is 2.50 bits per heavy atom. The molecule has 0 aromatic carbocycles. The minimum Gasteiger partial charge on any atom is -0.558 e. The molecule has 1 atom stereocenters. The predicted molar refractivity (Wildman–Crippen MR) is 28.6 cm³/mol. The van der Waals surface area contributed by atoms with E-state index in [1.807, 2.05) is 0 Å². The Hall–Kier alpha value is 0.530. The molecule has 0 saturated carbocycles. The third-order valence-electron chi connectivity index (χ3n) is 0.630. The zero-order valence-electron chi connectivity index (χ0n) is 5.99. The molecule has 0 fully saturated rings. The van der Waals surface area contributed by atoms with Crippen molar-refractivity contribution >= 4 is 14.2 Å². The van der Waals surface area contributed by atoms with Crippen molar-refractivity contribution in [2.45, 2.75) is 19.8 Å². The first kappa shape index (κ1) is 13.1. The van der Waals surface area contributed by atoms with Gasteiger partial charge in [0.25, 0.3) is 0 Å². The van der Waals surface area contributed by atoms with E-state index in [0.29, 0.717) is 6.42 Å². The van der Waals surface area contributed by atoms with Crippen LogP contribution in [-0.2, 0) is 13.9 Å². The van der Waals surface area contributed by atoms with Gasteiger partial charge in [-0.15, -0.1) is 0 Å². The molecule has 0 bridgehead atoms. The molecule has 4 nitrogen and oxygen atoms in total.